The van der Waals surface area contributed by atoms with Gasteiger partial charge in [-0.3, -0.25) is 0 Å². The van der Waals surface area contributed by atoms with E-state index in [9.17, 15) is 9.50 Å². The molecule has 100 valence electrons. The summed E-state index contributed by atoms with van der Waals surface area (Å²) in [5, 5.41) is 20.9. The second-order valence-electron chi connectivity index (χ2n) is 4.65. The first-order valence-corrected chi connectivity index (χ1v) is 5.46. The monoisotopic (exact) mass is 255 g/mol. The Morgan fingerprint density at radius 1 is 1.50 bits per heavy atom. The zero-order valence-corrected chi connectivity index (χ0v) is 10.7. The molecular formula is C12H18FN3O2. The summed E-state index contributed by atoms with van der Waals surface area (Å²) in [6, 6.07) is 4.41. The number of nitrogens with two attached hydrogens (primary N) is 1. The molecule has 0 saturated heterocycles. The van der Waals surface area contributed by atoms with Crippen molar-refractivity contribution in [1.82, 2.24) is 0 Å². The molecule has 0 spiro atoms. The lowest BCUT2D eigenvalue weighted by atomic mass is 10.0. The lowest BCUT2D eigenvalue weighted by Gasteiger charge is -2.37. The van der Waals surface area contributed by atoms with Crippen molar-refractivity contribution in [2.75, 3.05) is 18.6 Å². The van der Waals surface area contributed by atoms with Gasteiger partial charge in [0.15, 0.2) is 5.84 Å². The Bertz CT molecular complexity index is 461. The maximum atomic E-state index is 13.8. The van der Waals surface area contributed by atoms with E-state index in [2.05, 4.69) is 5.16 Å². The number of halogens is 1. The SMILES string of the molecule is CN(c1cccc(F)c1/C(N)=N/O)C(C)(C)CO. The molecule has 0 heterocycles. The van der Waals surface area contributed by atoms with Gasteiger partial charge in [0.25, 0.3) is 0 Å². The molecule has 18 heavy (non-hydrogen) atoms. The fourth-order valence-electron chi connectivity index (χ4n) is 1.53. The normalized spacial score (nSPS) is 12.6. The number of hydrogen-bond acceptors (Lipinski definition) is 4. The molecule has 0 radical (unpaired) electrons. The highest BCUT2D eigenvalue weighted by Crippen LogP contribution is 2.27. The van der Waals surface area contributed by atoms with Crippen LogP contribution in [0.4, 0.5) is 10.1 Å². The number of aliphatic hydroxyl groups is 1. The number of benzene rings is 1. The molecule has 5 nitrogen and oxygen atoms in total. The van der Waals surface area contributed by atoms with Crippen LogP contribution in [0.15, 0.2) is 23.4 Å². The van der Waals surface area contributed by atoms with Gasteiger partial charge in [-0.15, -0.1) is 0 Å². The maximum Gasteiger partial charge on any atom is 0.175 e. The zero-order valence-electron chi connectivity index (χ0n) is 10.7. The third-order valence-electron chi connectivity index (χ3n) is 3.01. The van der Waals surface area contributed by atoms with Crippen LogP contribution in [0, 0.1) is 5.82 Å². The number of hydrogen-bond donors (Lipinski definition) is 3. The minimum absolute atomic E-state index is 0.0176. The van der Waals surface area contributed by atoms with E-state index in [1.54, 1.807) is 31.9 Å². The first kappa shape index (κ1) is 14.2. The summed E-state index contributed by atoms with van der Waals surface area (Å²) in [7, 11) is 1.71. The van der Waals surface area contributed by atoms with Crippen LogP contribution in [0.2, 0.25) is 0 Å². The first-order chi connectivity index (χ1) is 8.35. The molecule has 0 unspecified atom stereocenters. The second kappa shape index (κ2) is 5.22. The van der Waals surface area contributed by atoms with Crippen LogP contribution in [0.5, 0.6) is 0 Å². The van der Waals surface area contributed by atoms with Crippen molar-refractivity contribution in [3.05, 3.63) is 29.6 Å². The van der Waals surface area contributed by atoms with Gasteiger partial charge in [-0.2, -0.15) is 0 Å². The number of likely N-dealkylation sites (N-methyl/N-ethyl adjacent to an activating group) is 1. The molecule has 1 rings (SSSR count). The van der Waals surface area contributed by atoms with E-state index >= 15 is 0 Å². The van der Waals surface area contributed by atoms with Crippen LogP contribution in [-0.4, -0.2) is 35.3 Å². The van der Waals surface area contributed by atoms with Crippen molar-refractivity contribution in [2.45, 2.75) is 19.4 Å². The van der Waals surface area contributed by atoms with Crippen molar-refractivity contribution in [2.24, 2.45) is 10.9 Å². The van der Waals surface area contributed by atoms with Crippen LogP contribution in [0.25, 0.3) is 0 Å². The van der Waals surface area contributed by atoms with Gasteiger partial charge in [-0.05, 0) is 26.0 Å². The molecule has 1 aromatic carbocycles. The summed E-state index contributed by atoms with van der Waals surface area (Å²) in [4.78, 5) is 1.68. The largest absolute Gasteiger partial charge is 0.409 e. The Morgan fingerprint density at radius 2 is 2.11 bits per heavy atom. The molecule has 0 fully saturated rings. The zero-order chi connectivity index (χ0) is 13.9. The van der Waals surface area contributed by atoms with E-state index < -0.39 is 11.4 Å². The summed E-state index contributed by atoms with van der Waals surface area (Å²) >= 11 is 0. The molecule has 0 saturated carbocycles. The van der Waals surface area contributed by atoms with Crippen LogP contribution in [0.3, 0.4) is 0 Å². The van der Waals surface area contributed by atoms with Gasteiger partial charge in [0.05, 0.1) is 23.4 Å². The molecule has 0 aliphatic rings. The number of nitrogens with zero attached hydrogens (tertiary/aromatic N) is 2. The molecule has 1 aromatic rings. The van der Waals surface area contributed by atoms with E-state index in [4.69, 9.17) is 10.9 Å². The molecule has 0 aromatic heterocycles. The third kappa shape index (κ3) is 2.53. The lowest BCUT2D eigenvalue weighted by Crippen LogP contribution is -2.45. The molecule has 0 aliphatic carbocycles. The van der Waals surface area contributed by atoms with Gasteiger partial charge in [-0.25, -0.2) is 4.39 Å². The number of oxime groups is 1. The van der Waals surface area contributed by atoms with Gasteiger partial charge < -0.3 is 20.9 Å². The third-order valence-corrected chi connectivity index (χ3v) is 3.01. The molecule has 0 aliphatic heterocycles. The van der Waals surface area contributed by atoms with Gasteiger partial charge in [0.1, 0.15) is 5.82 Å². The average molecular weight is 255 g/mol. The van der Waals surface area contributed by atoms with Crippen molar-refractivity contribution >= 4 is 11.5 Å². The van der Waals surface area contributed by atoms with E-state index in [1.165, 1.54) is 12.1 Å². The predicted octanol–water partition coefficient (Wildman–Crippen LogP) is 1.13. The number of anilines is 1. The summed E-state index contributed by atoms with van der Waals surface area (Å²) in [5.41, 5.74) is 5.36. The highest BCUT2D eigenvalue weighted by Gasteiger charge is 2.26. The van der Waals surface area contributed by atoms with E-state index in [0.717, 1.165) is 0 Å². The Hall–Kier alpha value is -1.82. The highest BCUT2D eigenvalue weighted by atomic mass is 19.1. The number of rotatable bonds is 4. The minimum Gasteiger partial charge on any atom is -0.409 e. The Kier molecular flexibility index (Phi) is 4.13. The molecular weight excluding hydrogens is 237 g/mol. The predicted molar refractivity (Wildman–Crippen MR) is 68.5 cm³/mol. The van der Waals surface area contributed by atoms with Gasteiger partial charge in [0, 0.05) is 7.05 Å². The van der Waals surface area contributed by atoms with Crippen molar-refractivity contribution < 1.29 is 14.7 Å². The molecule has 0 atom stereocenters. The number of amidine groups is 1. The Balaban J connectivity index is 3.38. The van der Waals surface area contributed by atoms with Gasteiger partial charge >= 0.3 is 0 Å². The summed E-state index contributed by atoms with van der Waals surface area (Å²) in [6.45, 7) is 3.48. The van der Waals surface area contributed by atoms with E-state index in [1.807, 2.05) is 0 Å². The van der Waals surface area contributed by atoms with Crippen molar-refractivity contribution in [1.29, 1.82) is 0 Å². The number of aliphatic hydroxyl groups excluding tert-OH is 1. The van der Waals surface area contributed by atoms with Gasteiger partial charge in [0.2, 0.25) is 0 Å². The van der Waals surface area contributed by atoms with Crippen molar-refractivity contribution in [3.63, 3.8) is 0 Å². The second-order valence-corrected chi connectivity index (χ2v) is 4.65. The topological polar surface area (TPSA) is 82.1 Å². The Labute approximate surface area is 105 Å². The molecule has 0 amide bonds. The Morgan fingerprint density at radius 3 is 2.61 bits per heavy atom. The molecule has 6 heteroatoms. The van der Waals surface area contributed by atoms with E-state index in [0.29, 0.717) is 5.69 Å². The smallest absolute Gasteiger partial charge is 0.175 e. The summed E-state index contributed by atoms with van der Waals surface area (Å²) in [5.74, 6) is -0.882. The molecule has 4 N–H and O–H groups in total. The van der Waals surface area contributed by atoms with Crippen LogP contribution in [-0.2, 0) is 0 Å². The van der Waals surface area contributed by atoms with Crippen LogP contribution in [0.1, 0.15) is 19.4 Å². The molecule has 0 bridgehead atoms. The summed E-state index contributed by atoms with van der Waals surface area (Å²) < 4.78 is 13.8. The maximum absolute atomic E-state index is 13.8. The lowest BCUT2D eigenvalue weighted by molar-refractivity contribution is 0.216. The fourth-order valence-corrected chi connectivity index (χ4v) is 1.53. The fraction of sp³-hybridized carbons (Fsp3) is 0.417. The van der Waals surface area contributed by atoms with Gasteiger partial charge in [-0.1, -0.05) is 11.2 Å². The average Bonchev–Trinajstić information content (AvgIpc) is 2.36. The first-order valence-electron chi connectivity index (χ1n) is 5.46. The van der Waals surface area contributed by atoms with Crippen molar-refractivity contribution in [3.8, 4) is 0 Å². The standard InChI is InChI=1S/C12H18FN3O2/c1-12(2,7-17)16(3)9-6-4-5-8(13)10(9)11(14)15-18/h4-6,17-18H,7H2,1-3H3,(H2,14,15). The highest BCUT2D eigenvalue weighted by molar-refractivity contribution is 6.02. The van der Waals surface area contributed by atoms with Crippen LogP contribution >= 0.6 is 0 Å². The minimum atomic E-state index is -0.599. The van der Waals surface area contributed by atoms with E-state index in [-0.39, 0.29) is 18.0 Å². The summed E-state index contributed by atoms with van der Waals surface area (Å²) in [6.07, 6.45) is 0. The quantitative estimate of drug-likeness (QED) is 0.326. The van der Waals surface area contributed by atoms with Crippen LogP contribution < -0.4 is 10.6 Å².